The Morgan fingerprint density at radius 3 is 2.58 bits per heavy atom. The van der Waals surface area contributed by atoms with Gasteiger partial charge in [0.1, 0.15) is 34.3 Å². The molecule has 36 heavy (non-hydrogen) atoms. The number of nitrogens with two attached hydrogens (primary N) is 1. The summed E-state index contributed by atoms with van der Waals surface area (Å²) in [7, 11) is 0. The van der Waals surface area contributed by atoms with Gasteiger partial charge in [-0.05, 0) is 42.6 Å². The topological polar surface area (TPSA) is 138 Å². The first-order chi connectivity index (χ1) is 17.5. The van der Waals surface area contributed by atoms with Crippen LogP contribution in [0.2, 0.25) is 0 Å². The maximum absolute atomic E-state index is 12.5. The summed E-state index contributed by atoms with van der Waals surface area (Å²) in [5, 5.41) is 26.8. The molecule has 0 bridgehead atoms. The molecule has 0 radical (unpaired) electrons. The number of pyridine rings is 1. The van der Waals surface area contributed by atoms with Crippen LogP contribution in [-0.4, -0.2) is 28.2 Å². The van der Waals surface area contributed by atoms with Crippen molar-refractivity contribution in [3.05, 3.63) is 58.3 Å². The van der Waals surface area contributed by atoms with Gasteiger partial charge < -0.3 is 15.8 Å². The first-order valence-corrected chi connectivity index (χ1v) is 13.6. The van der Waals surface area contributed by atoms with Gasteiger partial charge in [-0.3, -0.25) is 4.79 Å². The molecule has 0 atom stereocenters. The molecule has 0 saturated carbocycles. The number of benzene rings is 1. The van der Waals surface area contributed by atoms with E-state index in [1.165, 1.54) is 34.4 Å². The summed E-state index contributed by atoms with van der Waals surface area (Å²) in [6.45, 7) is 2.54. The number of amides is 1. The molecule has 11 heteroatoms. The Kier molecular flexibility index (Phi) is 8.18. The number of carbonyl (C=O) groups excluding carboxylic acids is 1. The Morgan fingerprint density at radius 1 is 1.14 bits per heavy atom. The van der Waals surface area contributed by atoms with Crippen molar-refractivity contribution >= 4 is 51.3 Å². The number of thioether (sulfide) groups is 1. The molecule has 0 spiro atoms. The molecule has 0 aliphatic carbocycles. The molecule has 0 aliphatic heterocycles. The molecule has 0 fully saturated rings. The average molecular weight is 533 g/mol. The second-order valence-corrected chi connectivity index (χ2v) is 10.2. The van der Waals surface area contributed by atoms with Gasteiger partial charge in [-0.2, -0.15) is 10.5 Å². The maximum Gasteiger partial charge on any atom is 0.226 e. The summed E-state index contributed by atoms with van der Waals surface area (Å²) in [6.07, 6.45) is 0.184. The number of thiophene rings is 1. The number of carbonyl (C=O) groups is 1. The van der Waals surface area contributed by atoms with Gasteiger partial charge in [0.05, 0.1) is 17.9 Å². The molecule has 1 aromatic carbocycles. The standard InChI is InChI=1S/C25H20N6O2S3/c1-2-33-16-7-5-15(6-8-16)19-14-36-25(29-19)30-21(32)9-11-35-24-18(13-27)22(20-4-3-10-34-20)17(12-26)23(28)31-24/h3-8,10,14H,2,9,11H2,1H3,(H2,28,31)(H,29,30,32). The zero-order valence-corrected chi connectivity index (χ0v) is 21.6. The van der Waals surface area contributed by atoms with Crippen molar-refractivity contribution in [3.8, 4) is 39.6 Å². The van der Waals surface area contributed by atoms with Gasteiger partial charge in [0.25, 0.3) is 0 Å². The largest absolute Gasteiger partial charge is 0.494 e. The highest BCUT2D eigenvalue weighted by Gasteiger charge is 2.21. The number of hydrogen-bond donors (Lipinski definition) is 2. The van der Waals surface area contributed by atoms with Crippen LogP contribution in [-0.2, 0) is 4.79 Å². The van der Waals surface area contributed by atoms with Gasteiger partial charge in [-0.25, -0.2) is 9.97 Å². The molecule has 0 saturated heterocycles. The van der Waals surface area contributed by atoms with E-state index in [4.69, 9.17) is 10.5 Å². The summed E-state index contributed by atoms with van der Waals surface area (Å²) >= 11 is 4.02. The summed E-state index contributed by atoms with van der Waals surface area (Å²) in [5.41, 5.74) is 8.68. The second kappa shape index (κ2) is 11.7. The fraction of sp³-hybridized carbons (Fsp3) is 0.160. The lowest BCUT2D eigenvalue weighted by molar-refractivity contribution is -0.115. The number of anilines is 2. The van der Waals surface area contributed by atoms with Crippen molar-refractivity contribution < 1.29 is 9.53 Å². The van der Waals surface area contributed by atoms with Gasteiger partial charge in [0, 0.05) is 33.6 Å². The van der Waals surface area contributed by atoms with E-state index in [0.717, 1.165) is 21.9 Å². The van der Waals surface area contributed by atoms with Gasteiger partial charge in [-0.15, -0.1) is 34.4 Å². The fourth-order valence-corrected chi connectivity index (χ4v) is 5.80. The zero-order valence-electron chi connectivity index (χ0n) is 19.1. The molecule has 3 heterocycles. The van der Waals surface area contributed by atoms with Crippen LogP contribution in [0.25, 0.3) is 21.7 Å². The predicted molar refractivity (Wildman–Crippen MR) is 144 cm³/mol. The number of rotatable bonds is 9. The van der Waals surface area contributed by atoms with Gasteiger partial charge >= 0.3 is 0 Å². The first-order valence-electron chi connectivity index (χ1n) is 10.8. The number of nitrogen functional groups attached to an aromatic ring is 1. The third-order valence-corrected chi connectivity index (χ3v) is 7.58. The molecular formula is C25H20N6O2S3. The minimum absolute atomic E-state index is 0.0662. The lowest BCUT2D eigenvalue weighted by atomic mass is 10.0. The van der Waals surface area contributed by atoms with E-state index in [-0.39, 0.29) is 29.3 Å². The Morgan fingerprint density at radius 2 is 1.92 bits per heavy atom. The van der Waals surface area contributed by atoms with E-state index < -0.39 is 0 Å². The van der Waals surface area contributed by atoms with Gasteiger partial charge in [-0.1, -0.05) is 6.07 Å². The van der Waals surface area contributed by atoms with Crippen LogP contribution < -0.4 is 15.8 Å². The quantitative estimate of drug-likeness (QED) is 0.259. The number of nitriles is 2. The molecule has 1 amide bonds. The van der Waals surface area contributed by atoms with Crippen LogP contribution in [0.5, 0.6) is 5.75 Å². The summed E-state index contributed by atoms with van der Waals surface area (Å²) < 4.78 is 5.46. The SMILES string of the molecule is CCOc1ccc(-c2csc(NC(=O)CCSc3nc(N)c(C#N)c(-c4cccs4)c3C#N)n2)cc1. The minimum atomic E-state index is -0.200. The van der Waals surface area contributed by atoms with Crippen molar-refractivity contribution in [1.29, 1.82) is 10.5 Å². The van der Waals surface area contributed by atoms with Crippen LogP contribution in [0.4, 0.5) is 10.9 Å². The second-order valence-electron chi connectivity index (χ2n) is 7.27. The van der Waals surface area contributed by atoms with E-state index in [1.807, 2.05) is 54.1 Å². The summed E-state index contributed by atoms with van der Waals surface area (Å²) in [4.78, 5) is 22.1. The lowest BCUT2D eigenvalue weighted by Crippen LogP contribution is -2.12. The zero-order chi connectivity index (χ0) is 25.5. The smallest absolute Gasteiger partial charge is 0.226 e. The molecule has 4 aromatic rings. The van der Waals surface area contributed by atoms with Crippen LogP contribution in [0, 0.1) is 22.7 Å². The monoisotopic (exact) mass is 532 g/mol. The summed E-state index contributed by atoms with van der Waals surface area (Å²) in [6, 6.07) is 15.5. The number of thiazole rings is 1. The van der Waals surface area contributed by atoms with E-state index in [0.29, 0.717) is 28.1 Å². The number of nitrogens with zero attached hydrogens (tertiary/aromatic N) is 4. The van der Waals surface area contributed by atoms with Crippen LogP contribution in [0.3, 0.4) is 0 Å². The highest BCUT2D eigenvalue weighted by Crippen LogP contribution is 2.37. The third-order valence-electron chi connectivity index (χ3n) is 4.96. The molecule has 4 rings (SSSR count). The lowest BCUT2D eigenvalue weighted by Gasteiger charge is -2.11. The normalized spacial score (nSPS) is 10.4. The Bertz CT molecular complexity index is 1450. The highest BCUT2D eigenvalue weighted by atomic mass is 32.2. The van der Waals surface area contributed by atoms with Crippen molar-refractivity contribution in [2.24, 2.45) is 0 Å². The number of ether oxygens (including phenoxy) is 1. The molecule has 8 nitrogen and oxygen atoms in total. The van der Waals surface area contributed by atoms with Crippen molar-refractivity contribution in [1.82, 2.24) is 9.97 Å². The molecule has 3 N–H and O–H groups in total. The Labute approximate surface area is 220 Å². The molecule has 0 unspecified atom stereocenters. The van der Waals surface area contributed by atoms with Crippen LogP contribution in [0.15, 0.2) is 52.2 Å². The first kappa shape index (κ1) is 25.2. The van der Waals surface area contributed by atoms with E-state index in [2.05, 4.69) is 27.4 Å². The van der Waals surface area contributed by atoms with E-state index in [9.17, 15) is 15.3 Å². The Hall–Kier alpha value is -3.90. The molecule has 3 aromatic heterocycles. The van der Waals surface area contributed by atoms with Crippen LogP contribution >= 0.6 is 34.4 Å². The fourth-order valence-electron chi connectivity index (χ4n) is 3.34. The third kappa shape index (κ3) is 5.66. The number of hydrogen-bond acceptors (Lipinski definition) is 10. The Balaban J connectivity index is 1.40. The van der Waals surface area contributed by atoms with Crippen molar-refractivity contribution in [3.63, 3.8) is 0 Å². The van der Waals surface area contributed by atoms with Gasteiger partial charge in [0.2, 0.25) is 5.91 Å². The summed E-state index contributed by atoms with van der Waals surface area (Å²) in [5.74, 6) is 1.04. The molecule has 0 aliphatic rings. The van der Waals surface area contributed by atoms with E-state index in [1.54, 1.807) is 0 Å². The minimum Gasteiger partial charge on any atom is -0.494 e. The predicted octanol–water partition coefficient (Wildman–Crippen LogP) is 5.78. The average Bonchev–Trinajstić information content (AvgIpc) is 3.57. The van der Waals surface area contributed by atoms with Crippen LogP contribution in [0.1, 0.15) is 24.5 Å². The van der Waals surface area contributed by atoms with Crippen molar-refractivity contribution in [2.45, 2.75) is 18.4 Å². The highest BCUT2D eigenvalue weighted by molar-refractivity contribution is 7.99. The molecule has 180 valence electrons. The maximum atomic E-state index is 12.5. The number of aromatic nitrogens is 2. The van der Waals surface area contributed by atoms with Crippen molar-refractivity contribution in [2.75, 3.05) is 23.4 Å². The van der Waals surface area contributed by atoms with Gasteiger partial charge in [0.15, 0.2) is 5.13 Å². The van der Waals surface area contributed by atoms with E-state index >= 15 is 0 Å². The molecular weight excluding hydrogens is 513 g/mol. The number of nitrogens with one attached hydrogen (secondary N) is 1.